The van der Waals surface area contributed by atoms with Gasteiger partial charge >= 0.3 is 0 Å². The average molecular weight is 448 g/mol. The fourth-order valence-corrected chi connectivity index (χ4v) is 3.49. The molecule has 0 aliphatic heterocycles. The lowest BCUT2D eigenvalue weighted by atomic mass is 10.0. The Hall–Kier alpha value is -3.91. The molecule has 0 bridgehead atoms. The zero-order chi connectivity index (χ0) is 22.7. The first-order chi connectivity index (χ1) is 15.5. The van der Waals surface area contributed by atoms with Crippen LogP contribution in [-0.4, -0.2) is 40.8 Å². The molecular formula is C25H29N5O3. The molecule has 172 valence electrons. The third-order valence-corrected chi connectivity index (χ3v) is 5.16. The molecule has 4 aromatic rings. The number of aryl methyl sites for hydroxylation is 2. The van der Waals surface area contributed by atoms with Crippen LogP contribution in [0.5, 0.6) is 11.6 Å². The molecule has 0 atom stereocenters. The van der Waals surface area contributed by atoms with Crippen LogP contribution in [0.25, 0.3) is 16.9 Å². The van der Waals surface area contributed by atoms with Crippen LogP contribution >= 0.6 is 0 Å². The minimum absolute atomic E-state index is 0. The molecule has 3 N–H and O–H groups in total. The third kappa shape index (κ3) is 4.96. The van der Waals surface area contributed by atoms with Crippen LogP contribution in [0.2, 0.25) is 0 Å². The van der Waals surface area contributed by atoms with E-state index in [-0.39, 0.29) is 7.43 Å². The average Bonchev–Trinajstić information content (AvgIpc) is 3.19. The van der Waals surface area contributed by atoms with Crippen LogP contribution < -0.4 is 15.8 Å². The molecule has 0 aliphatic rings. The molecule has 0 saturated carbocycles. The molecule has 8 nitrogen and oxygen atoms in total. The first-order valence-electron chi connectivity index (χ1n) is 10.2. The number of nitrogens with zero attached hydrogens (tertiary/aromatic N) is 3. The summed E-state index contributed by atoms with van der Waals surface area (Å²) in [5, 5.41) is 8.03. The van der Waals surface area contributed by atoms with Gasteiger partial charge in [0.15, 0.2) is 5.65 Å². The first-order valence-corrected chi connectivity index (χ1v) is 10.2. The van der Waals surface area contributed by atoms with Crippen molar-refractivity contribution >= 4 is 17.2 Å². The standard InChI is InChI=1S/C24H25N5O3.CH4/c1-15-6-4-5-7-21(15)32-22-13-19(26-10-11-31-3)24-27-14-20(29(24)28-22)17-8-9-18(23(25)30)16(2)12-17;/h4-9,12-14,26H,10-11H2,1-3H3,(H2,25,30);1H4. The van der Waals surface area contributed by atoms with Crippen molar-refractivity contribution in [2.24, 2.45) is 5.73 Å². The molecule has 0 spiro atoms. The van der Waals surface area contributed by atoms with Crippen molar-refractivity contribution in [1.29, 1.82) is 0 Å². The van der Waals surface area contributed by atoms with Gasteiger partial charge in [-0.3, -0.25) is 4.79 Å². The summed E-state index contributed by atoms with van der Waals surface area (Å²) in [6.45, 7) is 4.99. The zero-order valence-electron chi connectivity index (χ0n) is 18.3. The number of anilines is 1. The van der Waals surface area contributed by atoms with E-state index < -0.39 is 5.91 Å². The van der Waals surface area contributed by atoms with Crippen molar-refractivity contribution in [3.8, 4) is 22.9 Å². The summed E-state index contributed by atoms with van der Waals surface area (Å²) in [5.41, 5.74) is 10.8. The summed E-state index contributed by atoms with van der Waals surface area (Å²) in [6, 6.07) is 15.1. The lowest BCUT2D eigenvalue weighted by Gasteiger charge is -2.13. The number of imidazole rings is 1. The molecule has 2 aromatic carbocycles. The zero-order valence-corrected chi connectivity index (χ0v) is 18.3. The fourth-order valence-electron chi connectivity index (χ4n) is 3.49. The SMILES string of the molecule is C.COCCNc1cc(Oc2ccccc2C)nn2c(-c3ccc(C(N)=O)c(C)c3)cnc12. The Balaban J connectivity index is 0.00000306. The Labute approximate surface area is 193 Å². The van der Waals surface area contributed by atoms with Crippen molar-refractivity contribution in [1.82, 2.24) is 14.6 Å². The number of carbonyl (C=O) groups is 1. The summed E-state index contributed by atoms with van der Waals surface area (Å²) < 4.78 is 13.0. The van der Waals surface area contributed by atoms with Crippen molar-refractivity contribution in [3.05, 3.63) is 71.4 Å². The van der Waals surface area contributed by atoms with Crippen molar-refractivity contribution in [2.45, 2.75) is 21.3 Å². The van der Waals surface area contributed by atoms with E-state index in [0.717, 1.165) is 33.8 Å². The fraction of sp³-hybridized carbons (Fsp3) is 0.240. The topological polar surface area (TPSA) is 104 Å². The Bertz CT molecular complexity index is 1280. The number of methoxy groups -OCH3 is 1. The number of hydrogen-bond donors (Lipinski definition) is 2. The van der Waals surface area contributed by atoms with Gasteiger partial charge in [0, 0.05) is 30.8 Å². The van der Waals surface area contributed by atoms with E-state index in [0.29, 0.717) is 30.2 Å². The van der Waals surface area contributed by atoms with Gasteiger partial charge in [0.25, 0.3) is 0 Å². The van der Waals surface area contributed by atoms with Crippen molar-refractivity contribution < 1.29 is 14.3 Å². The van der Waals surface area contributed by atoms with Gasteiger partial charge in [-0.05, 0) is 43.2 Å². The highest BCUT2D eigenvalue weighted by molar-refractivity contribution is 5.94. The Morgan fingerprint density at radius 3 is 2.61 bits per heavy atom. The Morgan fingerprint density at radius 2 is 1.91 bits per heavy atom. The second-order valence-corrected chi connectivity index (χ2v) is 7.46. The smallest absolute Gasteiger partial charge is 0.248 e. The lowest BCUT2D eigenvalue weighted by molar-refractivity contribution is 0.0999. The number of nitrogens with two attached hydrogens (primary N) is 1. The molecule has 0 saturated heterocycles. The quantitative estimate of drug-likeness (QED) is 0.383. The van der Waals surface area contributed by atoms with Gasteiger partial charge in [-0.15, -0.1) is 5.10 Å². The van der Waals surface area contributed by atoms with Gasteiger partial charge in [-0.25, -0.2) is 9.50 Å². The van der Waals surface area contributed by atoms with E-state index in [4.69, 9.17) is 20.3 Å². The molecule has 0 fully saturated rings. The second kappa shape index (κ2) is 10.1. The number of rotatable bonds is 8. The van der Waals surface area contributed by atoms with Gasteiger partial charge in [-0.1, -0.05) is 31.7 Å². The summed E-state index contributed by atoms with van der Waals surface area (Å²) in [4.78, 5) is 16.2. The van der Waals surface area contributed by atoms with E-state index in [2.05, 4.69) is 10.3 Å². The Kier molecular flexibility index (Phi) is 7.30. The van der Waals surface area contributed by atoms with Crippen molar-refractivity contribution in [3.63, 3.8) is 0 Å². The van der Waals surface area contributed by atoms with Gasteiger partial charge in [-0.2, -0.15) is 0 Å². The highest BCUT2D eigenvalue weighted by atomic mass is 16.5. The van der Waals surface area contributed by atoms with Crippen LogP contribution in [-0.2, 0) is 4.74 Å². The predicted molar refractivity (Wildman–Crippen MR) is 130 cm³/mol. The molecule has 0 unspecified atom stereocenters. The maximum Gasteiger partial charge on any atom is 0.248 e. The summed E-state index contributed by atoms with van der Waals surface area (Å²) in [6.07, 6.45) is 1.75. The maximum atomic E-state index is 11.6. The number of nitrogens with one attached hydrogen (secondary N) is 1. The second-order valence-electron chi connectivity index (χ2n) is 7.46. The monoisotopic (exact) mass is 447 g/mol. The molecule has 2 aromatic heterocycles. The number of primary amides is 1. The van der Waals surface area contributed by atoms with E-state index in [1.165, 1.54) is 0 Å². The minimum atomic E-state index is -0.455. The molecule has 0 aliphatic carbocycles. The normalized spacial score (nSPS) is 10.6. The third-order valence-electron chi connectivity index (χ3n) is 5.16. The number of carbonyl (C=O) groups excluding carboxylic acids is 1. The number of aromatic nitrogens is 3. The van der Waals surface area contributed by atoms with E-state index in [1.807, 2.05) is 56.3 Å². The number of amides is 1. The summed E-state index contributed by atoms with van der Waals surface area (Å²) >= 11 is 0. The van der Waals surface area contributed by atoms with Crippen LogP contribution in [0.15, 0.2) is 54.7 Å². The number of hydrogen-bond acceptors (Lipinski definition) is 6. The number of benzene rings is 2. The summed E-state index contributed by atoms with van der Waals surface area (Å²) in [7, 11) is 1.66. The van der Waals surface area contributed by atoms with E-state index >= 15 is 0 Å². The highest BCUT2D eigenvalue weighted by Crippen LogP contribution is 2.30. The molecule has 2 heterocycles. The first kappa shape index (κ1) is 23.7. The van der Waals surface area contributed by atoms with Crippen LogP contribution in [0.4, 0.5) is 5.69 Å². The Morgan fingerprint density at radius 1 is 1.12 bits per heavy atom. The summed E-state index contributed by atoms with van der Waals surface area (Å²) in [5.74, 6) is 0.700. The van der Waals surface area contributed by atoms with Gasteiger partial charge in [0.2, 0.25) is 11.8 Å². The molecular weight excluding hydrogens is 418 g/mol. The molecule has 4 rings (SSSR count). The van der Waals surface area contributed by atoms with Crippen LogP contribution in [0.3, 0.4) is 0 Å². The largest absolute Gasteiger partial charge is 0.437 e. The number of fused-ring (bicyclic) bond motifs is 1. The predicted octanol–water partition coefficient (Wildman–Crippen LogP) is 4.60. The van der Waals surface area contributed by atoms with Gasteiger partial charge < -0.3 is 20.5 Å². The molecule has 1 amide bonds. The van der Waals surface area contributed by atoms with Gasteiger partial charge in [0.1, 0.15) is 5.75 Å². The molecule has 8 heteroatoms. The lowest BCUT2D eigenvalue weighted by Crippen LogP contribution is -2.12. The van der Waals surface area contributed by atoms with Crippen LogP contribution in [0, 0.1) is 13.8 Å². The van der Waals surface area contributed by atoms with E-state index in [9.17, 15) is 4.79 Å². The maximum absolute atomic E-state index is 11.6. The van der Waals surface area contributed by atoms with Gasteiger partial charge in [0.05, 0.1) is 24.2 Å². The number of para-hydroxylation sites is 1. The molecule has 33 heavy (non-hydrogen) atoms. The number of ether oxygens (including phenoxy) is 2. The molecule has 0 radical (unpaired) electrons. The van der Waals surface area contributed by atoms with Crippen LogP contribution in [0.1, 0.15) is 28.9 Å². The van der Waals surface area contributed by atoms with Crippen molar-refractivity contribution in [2.75, 3.05) is 25.6 Å². The van der Waals surface area contributed by atoms with E-state index in [1.54, 1.807) is 23.9 Å². The highest BCUT2D eigenvalue weighted by Gasteiger charge is 2.16. The minimum Gasteiger partial charge on any atom is -0.437 e.